The number of benzene rings is 1. The molecule has 2 heterocycles. The molecule has 0 fully saturated rings. The van der Waals surface area contributed by atoms with Crippen molar-refractivity contribution in [1.29, 1.82) is 0 Å². The molecule has 1 aromatic heterocycles. The first-order valence-electron chi connectivity index (χ1n) is 9.57. The zero-order chi connectivity index (χ0) is 21.9. The van der Waals surface area contributed by atoms with Gasteiger partial charge in [0.1, 0.15) is 5.60 Å². The molecule has 158 valence electrons. The summed E-state index contributed by atoms with van der Waals surface area (Å²) in [7, 11) is 1.33. The number of amides is 2. The Hall–Kier alpha value is -3.42. The Morgan fingerprint density at radius 3 is 2.43 bits per heavy atom. The fraction of sp³-hybridized carbons (Fsp3) is 0.364. The van der Waals surface area contributed by atoms with Gasteiger partial charge in [0.05, 0.1) is 37.0 Å². The molecule has 0 bridgehead atoms. The van der Waals surface area contributed by atoms with Crippen molar-refractivity contribution >= 4 is 18.0 Å². The predicted octanol–water partition coefficient (Wildman–Crippen LogP) is 3.05. The van der Waals surface area contributed by atoms with Crippen molar-refractivity contribution in [3.63, 3.8) is 0 Å². The molecule has 0 radical (unpaired) electrons. The summed E-state index contributed by atoms with van der Waals surface area (Å²) in [4.78, 5) is 42.1. The molecule has 0 atom stereocenters. The lowest BCUT2D eigenvalue weighted by atomic mass is 10.1. The van der Waals surface area contributed by atoms with Crippen molar-refractivity contribution < 1.29 is 23.9 Å². The van der Waals surface area contributed by atoms with E-state index in [0.717, 1.165) is 16.8 Å². The number of aromatic nitrogens is 1. The molecule has 0 saturated heterocycles. The minimum absolute atomic E-state index is 0.266. The van der Waals surface area contributed by atoms with Gasteiger partial charge < -0.3 is 14.8 Å². The van der Waals surface area contributed by atoms with Gasteiger partial charge in [-0.15, -0.1) is 0 Å². The molecule has 2 amide bonds. The molecule has 1 aromatic carbocycles. The molecule has 0 saturated carbocycles. The molecule has 30 heavy (non-hydrogen) atoms. The summed E-state index contributed by atoms with van der Waals surface area (Å²) < 4.78 is 10.1. The van der Waals surface area contributed by atoms with Crippen LogP contribution in [0.2, 0.25) is 0 Å². The van der Waals surface area contributed by atoms with E-state index in [1.54, 1.807) is 35.2 Å². The van der Waals surface area contributed by atoms with Crippen LogP contribution in [0.1, 0.15) is 58.3 Å². The molecule has 1 aliphatic rings. The van der Waals surface area contributed by atoms with Crippen LogP contribution in [0.4, 0.5) is 4.79 Å². The van der Waals surface area contributed by atoms with Crippen LogP contribution in [0.15, 0.2) is 36.5 Å². The summed E-state index contributed by atoms with van der Waals surface area (Å²) in [6.07, 6.45) is 1.11. The van der Waals surface area contributed by atoms with E-state index in [1.165, 1.54) is 13.3 Å². The van der Waals surface area contributed by atoms with Gasteiger partial charge in [0, 0.05) is 12.7 Å². The number of fused-ring (bicyclic) bond motifs is 1. The number of carbonyl (C=O) groups excluding carboxylic acids is 3. The molecule has 0 unspecified atom stereocenters. The lowest BCUT2D eigenvalue weighted by molar-refractivity contribution is 0.0240. The number of hydrogen-bond acceptors (Lipinski definition) is 6. The van der Waals surface area contributed by atoms with E-state index < -0.39 is 17.7 Å². The highest BCUT2D eigenvalue weighted by Crippen LogP contribution is 2.24. The van der Waals surface area contributed by atoms with Gasteiger partial charge in [0.15, 0.2) is 0 Å². The highest BCUT2D eigenvalue weighted by molar-refractivity contribution is 5.94. The largest absolute Gasteiger partial charge is 0.465 e. The normalized spacial score (nSPS) is 12.9. The van der Waals surface area contributed by atoms with Crippen molar-refractivity contribution in [2.45, 2.75) is 46.0 Å². The molecular weight excluding hydrogens is 386 g/mol. The highest BCUT2D eigenvalue weighted by Gasteiger charge is 2.29. The maximum atomic E-state index is 12.5. The number of esters is 1. The zero-order valence-electron chi connectivity index (χ0n) is 17.5. The van der Waals surface area contributed by atoms with Crippen LogP contribution >= 0.6 is 0 Å². The van der Waals surface area contributed by atoms with Gasteiger partial charge in [-0.25, -0.2) is 9.59 Å². The standard InChI is InChI=1S/C22H25N3O5/c1-22(2,3)30-21(28)25-12-17-9-16(11-23-18(17)13-25)19(26)24-10-14-5-7-15(8-6-14)20(27)29-4/h5-9,11H,10,12-13H2,1-4H3,(H,24,26). The number of carbonyl (C=O) groups is 3. The third-order valence-electron chi connectivity index (χ3n) is 4.50. The Labute approximate surface area is 175 Å². The van der Waals surface area contributed by atoms with Gasteiger partial charge >= 0.3 is 12.1 Å². The number of nitrogens with zero attached hydrogens (tertiary/aromatic N) is 2. The van der Waals surface area contributed by atoms with Gasteiger partial charge in [-0.05, 0) is 50.1 Å². The van der Waals surface area contributed by atoms with Crippen LogP contribution in [0.5, 0.6) is 0 Å². The van der Waals surface area contributed by atoms with Gasteiger partial charge in [-0.3, -0.25) is 14.7 Å². The van der Waals surface area contributed by atoms with Crippen molar-refractivity contribution in [3.8, 4) is 0 Å². The third-order valence-corrected chi connectivity index (χ3v) is 4.50. The van der Waals surface area contributed by atoms with Gasteiger partial charge in [0.2, 0.25) is 0 Å². The molecule has 1 N–H and O–H groups in total. The molecule has 8 heteroatoms. The molecule has 0 aliphatic carbocycles. The zero-order valence-corrected chi connectivity index (χ0v) is 17.5. The van der Waals surface area contributed by atoms with Crippen LogP contribution in [-0.2, 0) is 29.1 Å². The van der Waals surface area contributed by atoms with Crippen LogP contribution in [-0.4, -0.2) is 40.6 Å². The van der Waals surface area contributed by atoms with Crippen LogP contribution < -0.4 is 5.32 Å². The van der Waals surface area contributed by atoms with E-state index in [1.807, 2.05) is 20.8 Å². The summed E-state index contributed by atoms with van der Waals surface area (Å²) in [6.45, 7) is 6.47. The monoisotopic (exact) mass is 411 g/mol. The minimum atomic E-state index is -0.570. The number of methoxy groups -OCH3 is 1. The average Bonchev–Trinajstić information content (AvgIpc) is 3.14. The van der Waals surface area contributed by atoms with Crippen molar-refractivity contribution in [2.75, 3.05) is 7.11 Å². The van der Waals surface area contributed by atoms with Gasteiger partial charge in [-0.2, -0.15) is 0 Å². The second-order valence-corrected chi connectivity index (χ2v) is 8.04. The van der Waals surface area contributed by atoms with E-state index in [4.69, 9.17) is 4.74 Å². The second kappa shape index (κ2) is 8.52. The van der Waals surface area contributed by atoms with E-state index in [9.17, 15) is 14.4 Å². The van der Waals surface area contributed by atoms with Crippen molar-refractivity contribution in [1.82, 2.24) is 15.2 Å². The van der Waals surface area contributed by atoms with Gasteiger partial charge in [-0.1, -0.05) is 12.1 Å². The quantitative estimate of drug-likeness (QED) is 0.777. The van der Waals surface area contributed by atoms with E-state index in [2.05, 4.69) is 15.0 Å². The molecule has 2 aromatic rings. The Kier molecular flexibility index (Phi) is 6.05. The van der Waals surface area contributed by atoms with Crippen LogP contribution in [0, 0.1) is 0 Å². The topological polar surface area (TPSA) is 97.8 Å². The number of nitrogens with one attached hydrogen (secondary N) is 1. The first kappa shape index (κ1) is 21.3. The van der Waals surface area contributed by atoms with E-state index >= 15 is 0 Å². The number of pyridine rings is 1. The summed E-state index contributed by atoms with van der Waals surface area (Å²) in [5.74, 6) is -0.673. The van der Waals surface area contributed by atoms with Crippen molar-refractivity contribution in [2.24, 2.45) is 0 Å². The van der Waals surface area contributed by atoms with Crippen LogP contribution in [0.3, 0.4) is 0 Å². The molecule has 1 aliphatic heterocycles. The van der Waals surface area contributed by atoms with E-state index in [-0.39, 0.29) is 5.91 Å². The molecular formula is C22H25N3O5. The number of rotatable bonds is 4. The smallest absolute Gasteiger partial charge is 0.410 e. The SMILES string of the molecule is COC(=O)c1ccc(CNC(=O)c2cnc3c(c2)CN(C(=O)OC(C)(C)C)C3)cc1. The molecule has 3 rings (SSSR count). The maximum absolute atomic E-state index is 12.5. The Morgan fingerprint density at radius 1 is 1.10 bits per heavy atom. The van der Waals surface area contributed by atoms with Gasteiger partial charge in [0.25, 0.3) is 5.91 Å². The molecule has 0 spiro atoms. The molecule has 8 nitrogen and oxygen atoms in total. The predicted molar refractivity (Wildman–Crippen MR) is 109 cm³/mol. The second-order valence-electron chi connectivity index (χ2n) is 8.04. The minimum Gasteiger partial charge on any atom is -0.465 e. The number of hydrogen-bond donors (Lipinski definition) is 1. The summed E-state index contributed by atoms with van der Waals surface area (Å²) in [5.41, 5.74) is 2.74. The van der Waals surface area contributed by atoms with E-state index in [0.29, 0.717) is 30.8 Å². The third kappa shape index (κ3) is 5.14. The number of ether oxygens (including phenoxy) is 2. The summed E-state index contributed by atoms with van der Waals surface area (Å²) >= 11 is 0. The highest BCUT2D eigenvalue weighted by atomic mass is 16.6. The Balaban J connectivity index is 1.59. The summed E-state index contributed by atoms with van der Waals surface area (Å²) in [5, 5.41) is 2.83. The lowest BCUT2D eigenvalue weighted by Crippen LogP contribution is -2.33. The fourth-order valence-electron chi connectivity index (χ4n) is 3.00. The lowest BCUT2D eigenvalue weighted by Gasteiger charge is -2.23. The summed E-state index contributed by atoms with van der Waals surface area (Å²) in [6, 6.07) is 8.56. The van der Waals surface area contributed by atoms with Crippen molar-refractivity contribution in [3.05, 3.63) is 64.5 Å². The maximum Gasteiger partial charge on any atom is 0.410 e. The average molecular weight is 411 g/mol. The first-order valence-corrected chi connectivity index (χ1v) is 9.57. The Morgan fingerprint density at radius 2 is 1.80 bits per heavy atom. The van der Waals surface area contributed by atoms with Crippen LogP contribution in [0.25, 0.3) is 0 Å². The fourth-order valence-corrected chi connectivity index (χ4v) is 3.00. The Bertz CT molecular complexity index is 964. The first-order chi connectivity index (χ1) is 14.2.